The molecule has 0 spiro atoms. The Kier molecular flexibility index (Phi) is 4.74. The molecule has 68 valence electrons. The average molecular weight is 156 g/mol. The maximum absolute atomic E-state index is 3.96. The van der Waals surface area contributed by atoms with Gasteiger partial charge in [-0.1, -0.05) is 27.7 Å². The number of rotatable bonds is 4. The molecule has 0 bridgehead atoms. The van der Waals surface area contributed by atoms with Crippen LogP contribution in [-0.4, -0.2) is 18.0 Å². The summed E-state index contributed by atoms with van der Waals surface area (Å²) in [6.45, 7) is 11.2. The van der Waals surface area contributed by atoms with Gasteiger partial charge in [-0.15, -0.1) is 0 Å². The second-order valence-corrected chi connectivity index (χ2v) is 4.43. The van der Waals surface area contributed by atoms with Crippen molar-refractivity contribution in [2.45, 2.75) is 40.5 Å². The van der Waals surface area contributed by atoms with E-state index in [1.54, 1.807) is 0 Å². The molecule has 0 atom stereocenters. The summed E-state index contributed by atoms with van der Waals surface area (Å²) < 4.78 is 0. The van der Waals surface area contributed by atoms with Gasteiger partial charge in [-0.05, 0) is 31.3 Å². The lowest BCUT2D eigenvalue weighted by Crippen LogP contribution is -2.22. The minimum atomic E-state index is 0.448. The highest BCUT2D eigenvalue weighted by Gasteiger charge is 2.08. The summed E-state index contributed by atoms with van der Waals surface area (Å²) in [5, 5.41) is 0. The fourth-order valence-corrected chi connectivity index (χ4v) is 0.922. The van der Waals surface area contributed by atoms with Crippen molar-refractivity contribution in [3.8, 4) is 0 Å². The molecule has 0 fully saturated rings. The molecule has 0 radical (unpaired) electrons. The fraction of sp³-hybridized carbons (Fsp3) is 0.900. The Balaban J connectivity index is 3.38. The molecule has 0 heterocycles. The van der Waals surface area contributed by atoms with Crippen molar-refractivity contribution in [2.24, 2.45) is 5.41 Å². The Morgan fingerprint density at radius 1 is 1.18 bits per heavy atom. The average Bonchev–Trinajstić information content (AvgIpc) is 1.83. The zero-order chi connectivity index (χ0) is 8.91. The van der Waals surface area contributed by atoms with Crippen molar-refractivity contribution in [1.29, 1.82) is 0 Å². The van der Waals surface area contributed by atoms with Crippen molar-refractivity contribution in [2.75, 3.05) is 13.1 Å². The second kappa shape index (κ2) is 4.76. The zero-order valence-electron chi connectivity index (χ0n) is 8.48. The first-order chi connectivity index (χ1) is 4.95. The van der Waals surface area contributed by atoms with Crippen LogP contribution in [0.25, 0.3) is 0 Å². The van der Waals surface area contributed by atoms with E-state index in [0.29, 0.717) is 5.41 Å². The van der Waals surface area contributed by atoms with Crippen LogP contribution in [0.1, 0.15) is 40.5 Å². The molecule has 0 aliphatic rings. The molecule has 0 aromatic rings. The molecule has 0 aromatic heterocycles. The van der Waals surface area contributed by atoms with Gasteiger partial charge in [0.2, 0.25) is 0 Å². The lowest BCUT2D eigenvalue weighted by Gasteiger charge is -2.28. The molecule has 1 heteroatoms. The van der Waals surface area contributed by atoms with Crippen LogP contribution in [-0.2, 0) is 0 Å². The van der Waals surface area contributed by atoms with Crippen molar-refractivity contribution in [3.05, 3.63) is 7.05 Å². The van der Waals surface area contributed by atoms with Crippen molar-refractivity contribution in [3.63, 3.8) is 0 Å². The van der Waals surface area contributed by atoms with Gasteiger partial charge in [0.05, 0.1) is 0 Å². The van der Waals surface area contributed by atoms with E-state index in [4.69, 9.17) is 0 Å². The molecule has 0 saturated carbocycles. The molecular formula is C10H22N-. The first-order valence-electron chi connectivity index (χ1n) is 4.51. The van der Waals surface area contributed by atoms with Crippen molar-refractivity contribution in [1.82, 2.24) is 4.90 Å². The summed E-state index contributed by atoms with van der Waals surface area (Å²) in [6, 6.07) is 0. The zero-order valence-corrected chi connectivity index (χ0v) is 8.48. The highest BCUT2D eigenvalue weighted by Crippen LogP contribution is 2.18. The standard InChI is InChI=1S/C10H22N/c1-6-8-11(5)9-7-10(2,3)4/h5-9H2,1-4H3/q-1. The van der Waals surface area contributed by atoms with E-state index in [0.717, 1.165) is 13.1 Å². The van der Waals surface area contributed by atoms with E-state index in [1.165, 1.54) is 12.8 Å². The third kappa shape index (κ3) is 7.86. The number of hydrogen-bond acceptors (Lipinski definition) is 1. The Bertz CT molecular complexity index is 91.5. The second-order valence-electron chi connectivity index (χ2n) is 4.43. The van der Waals surface area contributed by atoms with Gasteiger partial charge in [0, 0.05) is 0 Å². The predicted octanol–water partition coefficient (Wildman–Crippen LogP) is 2.93. The topological polar surface area (TPSA) is 3.24 Å². The molecule has 0 saturated heterocycles. The van der Waals surface area contributed by atoms with Crippen LogP contribution >= 0.6 is 0 Å². The highest BCUT2D eigenvalue weighted by atomic mass is 15.1. The molecule has 0 rings (SSSR count). The van der Waals surface area contributed by atoms with Gasteiger partial charge in [0.15, 0.2) is 0 Å². The van der Waals surface area contributed by atoms with Crippen LogP contribution in [0.2, 0.25) is 0 Å². The minimum Gasteiger partial charge on any atom is -0.459 e. The molecule has 0 aliphatic heterocycles. The largest absolute Gasteiger partial charge is 0.459 e. The van der Waals surface area contributed by atoms with Gasteiger partial charge in [0.1, 0.15) is 0 Å². The Morgan fingerprint density at radius 2 is 1.73 bits per heavy atom. The summed E-state index contributed by atoms with van der Waals surface area (Å²) in [6.07, 6.45) is 2.43. The Morgan fingerprint density at radius 3 is 2.09 bits per heavy atom. The van der Waals surface area contributed by atoms with Gasteiger partial charge < -0.3 is 4.90 Å². The minimum absolute atomic E-state index is 0.448. The highest BCUT2D eigenvalue weighted by molar-refractivity contribution is 4.65. The smallest absolute Gasteiger partial charge is 0.0299 e. The van der Waals surface area contributed by atoms with Crippen molar-refractivity contribution < 1.29 is 0 Å². The molecule has 0 unspecified atom stereocenters. The number of hydrogen-bond donors (Lipinski definition) is 0. The first-order valence-corrected chi connectivity index (χ1v) is 4.51. The van der Waals surface area contributed by atoms with E-state index < -0.39 is 0 Å². The van der Waals surface area contributed by atoms with Crippen LogP contribution in [0.5, 0.6) is 0 Å². The van der Waals surface area contributed by atoms with E-state index >= 15 is 0 Å². The molecule has 11 heavy (non-hydrogen) atoms. The van der Waals surface area contributed by atoms with Crippen molar-refractivity contribution >= 4 is 0 Å². The van der Waals surface area contributed by atoms with Gasteiger partial charge in [0.25, 0.3) is 0 Å². The molecule has 0 N–H and O–H groups in total. The van der Waals surface area contributed by atoms with Crippen LogP contribution < -0.4 is 0 Å². The van der Waals surface area contributed by atoms with Gasteiger partial charge in [-0.2, -0.15) is 0 Å². The molecular weight excluding hydrogens is 134 g/mol. The summed E-state index contributed by atoms with van der Waals surface area (Å²) >= 11 is 0. The quantitative estimate of drug-likeness (QED) is 0.566. The van der Waals surface area contributed by atoms with Crippen LogP contribution in [0, 0.1) is 12.5 Å². The molecule has 0 aromatic carbocycles. The van der Waals surface area contributed by atoms with E-state index in [1.807, 2.05) is 0 Å². The lowest BCUT2D eigenvalue weighted by molar-refractivity contribution is 0.283. The van der Waals surface area contributed by atoms with Gasteiger partial charge in [-0.3, -0.25) is 7.05 Å². The fourth-order valence-electron chi connectivity index (χ4n) is 0.922. The molecule has 0 amide bonds. The summed E-state index contributed by atoms with van der Waals surface area (Å²) in [5.74, 6) is 0. The summed E-state index contributed by atoms with van der Waals surface area (Å²) in [4.78, 5) is 2.16. The maximum Gasteiger partial charge on any atom is -0.0299 e. The molecule has 1 nitrogen and oxygen atoms in total. The molecule has 0 aliphatic carbocycles. The first kappa shape index (κ1) is 11.0. The van der Waals surface area contributed by atoms with E-state index in [-0.39, 0.29) is 0 Å². The van der Waals surface area contributed by atoms with E-state index in [9.17, 15) is 0 Å². The van der Waals surface area contributed by atoms with Gasteiger partial charge >= 0.3 is 0 Å². The van der Waals surface area contributed by atoms with Crippen LogP contribution in [0.4, 0.5) is 0 Å². The third-order valence-corrected chi connectivity index (χ3v) is 1.72. The lowest BCUT2D eigenvalue weighted by atomic mass is 9.92. The predicted molar refractivity (Wildman–Crippen MR) is 51.3 cm³/mol. The summed E-state index contributed by atoms with van der Waals surface area (Å²) in [5.41, 5.74) is 0.448. The van der Waals surface area contributed by atoms with Crippen LogP contribution in [0.15, 0.2) is 0 Å². The summed E-state index contributed by atoms with van der Waals surface area (Å²) in [7, 11) is 3.96. The van der Waals surface area contributed by atoms with Gasteiger partial charge in [-0.25, -0.2) is 0 Å². The maximum atomic E-state index is 3.96. The van der Waals surface area contributed by atoms with Crippen LogP contribution in [0.3, 0.4) is 0 Å². The Hall–Kier alpha value is -0.0400. The third-order valence-electron chi connectivity index (χ3n) is 1.72. The monoisotopic (exact) mass is 156 g/mol. The Labute approximate surface area is 71.8 Å². The SMILES string of the molecule is [CH2-]N(CCC)CCC(C)(C)C. The number of nitrogens with zero attached hydrogens (tertiary/aromatic N) is 1. The van der Waals surface area contributed by atoms with E-state index in [2.05, 4.69) is 39.6 Å². The normalized spacial score (nSPS) is 12.5.